The molecule has 0 spiro atoms. The number of alkyl halides is 6. The van der Waals surface area contributed by atoms with E-state index < -0.39 is 44.2 Å². The van der Waals surface area contributed by atoms with Crippen LogP contribution in [0.25, 0.3) is 0 Å². The summed E-state index contributed by atoms with van der Waals surface area (Å²) in [4.78, 5) is 3.49. The fourth-order valence-corrected chi connectivity index (χ4v) is 2.72. The summed E-state index contributed by atoms with van der Waals surface area (Å²) in [5, 5.41) is -0.545. The molecule has 4 nitrogen and oxygen atoms in total. The van der Waals surface area contributed by atoms with Crippen LogP contribution in [0, 0.1) is 0 Å². The summed E-state index contributed by atoms with van der Waals surface area (Å²) in [6.45, 7) is 0. The van der Waals surface area contributed by atoms with Gasteiger partial charge in [-0.1, -0.05) is 6.07 Å². The van der Waals surface area contributed by atoms with E-state index in [0.29, 0.717) is 0 Å². The monoisotopic (exact) mass is 370 g/mol. The average Bonchev–Trinajstić information content (AvgIpc) is 2.45. The van der Waals surface area contributed by atoms with Crippen LogP contribution in [0.5, 0.6) is 0 Å². The van der Waals surface area contributed by atoms with Crippen LogP contribution >= 0.6 is 0 Å². The molecule has 0 aliphatic rings. The number of anilines is 1. The molecule has 0 saturated carbocycles. The van der Waals surface area contributed by atoms with Crippen molar-refractivity contribution in [2.45, 2.75) is 17.4 Å². The standard InChI is InChI=1S/C13H8F6N2O2S/c14-12(15,16)8-5-9(13(17,18)19)7-10(6-8)21-24(22,23)11-3-1-2-4-20-11/h1-7,21H. The number of pyridine rings is 1. The second-order valence-corrected chi connectivity index (χ2v) is 6.20. The molecule has 2 rings (SSSR count). The predicted molar refractivity (Wildman–Crippen MR) is 71.5 cm³/mol. The minimum Gasteiger partial charge on any atom is -0.278 e. The summed E-state index contributed by atoms with van der Waals surface area (Å²) in [6, 6.07) is 4.19. The molecule has 1 aromatic heterocycles. The van der Waals surface area contributed by atoms with Crippen LogP contribution in [0.1, 0.15) is 11.1 Å². The quantitative estimate of drug-likeness (QED) is 0.834. The highest BCUT2D eigenvalue weighted by molar-refractivity contribution is 7.92. The number of nitrogens with one attached hydrogen (secondary N) is 1. The molecular weight excluding hydrogens is 362 g/mol. The maximum Gasteiger partial charge on any atom is 0.416 e. The van der Waals surface area contributed by atoms with Gasteiger partial charge in [0, 0.05) is 6.20 Å². The molecule has 24 heavy (non-hydrogen) atoms. The van der Waals surface area contributed by atoms with Gasteiger partial charge in [0.15, 0.2) is 5.03 Å². The molecule has 0 aliphatic heterocycles. The number of hydrogen-bond donors (Lipinski definition) is 1. The lowest BCUT2D eigenvalue weighted by molar-refractivity contribution is -0.143. The SMILES string of the molecule is O=S(=O)(Nc1cc(C(F)(F)F)cc(C(F)(F)F)c1)c1ccccn1. The average molecular weight is 370 g/mol. The molecule has 130 valence electrons. The van der Waals surface area contributed by atoms with Gasteiger partial charge in [-0.2, -0.15) is 34.8 Å². The van der Waals surface area contributed by atoms with E-state index in [1.54, 1.807) is 4.72 Å². The fraction of sp³-hybridized carbons (Fsp3) is 0.154. The van der Waals surface area contributed by atoms with Gasteiger partial charge in [-0.3, -0.25) is 4.72 Å². The highest BCUT2D eigenvalue weighted by atomic mass is 32.2. The minimum absolute atomic E-state index is 0.0986. The predicted octanol–water partition coefficient (Wildman–Crippen LogP) is 3.92. The fourth-order valence-electron chi connectivity index (χ4n) is 1.73. The molecule has 0 unspecified atom stereocenters. The highest BCUT2D eigenvalue weighted by Gasteiger charge is 2.37. The Balaban J connectivity index is 2.51. The van der Waals surface area contributed by atoms with Gasteiger partial charge < -0.3 is 0 Å². The lowest BCUT2D eigenvalue weighted by Gasteiger charge is -2.15. The van der Waals surface area contributed by atoms with Crippen molar-refractivity contribution >= 4 is 15.7 Å². The van der Waals surface area contributed by atoms with Crippen molar-refractivity contribution in [3.63, 3.8) is 0 Å². The molecule has 1 aromatic carbocycles. The molecule has 2 aromatic rings. The number of benzene rings is 1. The molecular formula is C13H8F6N2O2S. The van der Waals surface area contributed by atoms with Crippen molar-refractivity contribution in [2.24, 2.45) is 0 Å². The van der Waals surface area contributed by atoms with Gasteiger partial charge in [0.1, 0.15) is 0 Å². The van der Waals surface area contributed by atoms with E-state index >= 15 is 0 Å². The summed E-state index contributed by atoms with van der Waals surface area (Å²) >= 11 is 0. The summed E-state index contributed by atoms with van der Waals surface area (Å²) in [5.41, 5.74) is -4.13. The first-order valence-electron chi connectivity index (χ1n) is 6.13. The third-order valence-corrected chi connectivity index (χ3v) is 4.05. The smallest absolute Gasteiger partial charge is 0.278 e. The normalized spacial score (nSPS) is 12.9. The van der Waals surface area contributed by atoms with Crippen LogP contribution in [0.15, 0.2) is 47.6 Å². The molecule has 0 saturated heterocycles. The van der Waals surface area contributed by atoms with Gasteiger partial charge in [-0.05, 0) is 30.3 Å². The molecule has 0 fully saturated rings. The number of rotatable bonds is 3. The van der Waals surface area contributed by atoms with Crippen molar-refractivity contribution in [1.29, 1.82) is 0 Å². The Bertz CT molecular complexity index is 800. The summed E-state index contributed by atoms with van der Waals surface area (Å²) in [6.07, 6.45) is -9.04. The van der Waals surface area contributed by atoms with Gasteiger partial charge in [0.2, 0.25) is 0 Å². The zero-order valence-corrected chi connectivity index (χ0v) is 12.3. The van der Waals surface area contributed by atoms with E-state index in [9.17, 15) is 34.8 Å². The molecule has 0 radical (unpaired) electrons. The van der Waals surface area contributed by atoms with Gasteiger partial charge in [-0.15, -0.1) is 0 Å². The first kappa shape index (κ1) is 18.0. The molecule has 11 heteroatoms. The molecule has 0 aliphatic carbocycles. The van der Waals surface area contributed by atoms with E-state index in [-0.39, 0.29) is 18.2 Å². The topological polar surface area (TPSA) is 59.1 Å². The third-order valence-electron chi connectivity index (χ3n) is 2.75. The highest BCUT2D eigenvalue weighted by Crippen LogP contribution is 2.37. The largest absolute Gasteiger partial charge is 0.416 e. The van der Waals surface area contributed by atoms with Crippen molar-refractivity contribution in [2.75, 3.05) is 4.72 Å². The third kappa shape index (κ3) is 4.16. The van der Waals surface area contributed by atoms with Crippen molar-refractivity contribution < 1.29 is 34.8 Å². The zero-order chi connectivity index (χ0) is 18.2. The van der Waals surface area contributed by atoms with E-state index in [1.807, 2.05) is 0 Å². The van der Waals surface area contributed by atoms with Crippen molar-refractivity contribution in [3.8, 4) is 0 Å². The summed E-state index contributed by atoms with van der Waals surface area (Å²) < 4.78 is 102. The number of sulfonamides is 1. The van der Waals surface area contributed by atoms with Crippen LogP contribution in [0.3, 0.4) is 0 Å². The number of nitrogens with zero attached hydrogens (tertiary/aromatic N) is 1. The lowest BCUT2D eigenvalue weighted by Crippen LogP contribution is -2.17. The summed E-state index contributed by atoms with van der Waals surface area (Å²) in [5.74, 6) is 0. The molecule has 1 N–H and O–H groups in total. The molecule has 0 amide bonds. The lowest BCUT2D eigenvalue weighted by atomic mass is 10.1. The minimum atomic E-state index is -5.08. The van der Waals surface area contributed by atoms with Crippen LogP contribution in [-0.2, 0) is 22.4 Å². The van der Waals surface area contributed by atoms with Crippen LogP contribution in [0.4, 0.5) is 32.0 Å². The number of halogens is 6. The van der Waals surface area contributed by atoms with Crippen LogP contribution < -0.4 is 4.72 Å². The van der Waals surface area contributed by atoms with Gasteiger partial charge in [0.25, 0.3) is 10.0 Å². The maximum atomic E-state index is 12.7. The Morgan fingerprint density at radius 2 is 1.42 bits per heavy atom. The van der Waals surface area contributed by atoms with E-state index in [0.717, 1.165) is 12.3 Å². The zero-order valence-electron chi connectivity index (χ0n) is 11.5. The van der Waals surface area contributed by atoms with Crippen molar-refractivity contribution in [3.05, 3.63) is 53.7 Å². The van der Waals surface area contributed by atoms with Crippen molar-refractivity contribution in [1.82, 2.24) is 4.98 Å². The Morgan fingerprint density at radius 1 is 0.875 bits per heavy atom. The Morgan fingerprint density at radius 3 is 1.83 bits per heavy atom. The first-order valence-corrected chi connectivity index (χ1v) is 7.61. The van der Waals surface area contributed by atoms with E-state index in [4.69, 9.17) is 0 Å². The first-order chi connectivity index (χ1) is 10.9. The van der Waals surface area contributed by atoms with Gasteiger partial charge >= 0.3 is 12.4 Å². The number of aromatic nitrogens is 1. The second kappa shape index (κ2) is 5.96. The number of hydrogen-bond acceptors (Lipinski definition) is 3. The van der Waals surface area contributed by atoms with E-state index in [1.165, 1.54) is 12.1 Å². The molecule has 1 heterocycles. The summed E-state index contributed by atoms with van der Waals surface area (Å²) in [7, 11) is -4.43. The Labute approximate surface area is 132 Å². The van der Waals surface area contributed by atoms with Crippen LogP contribution in [0.2, 0.25) is 0 Å². The van der Waals surface area contributed by atoms with E-state index in [2.05, 4.69) is 4.98 Å². The van der Waals surface area contributed by atoms with Gasteiger partial charge in [0.05, 0.1) is 16.8 Å². The molecule has 0 bridgehead atoms. The Hall–Kier alpha value is -2.30. The Kier molecular flexibility index (Phi) is 4.48. The second-order valence-electron chi connectivity index (χ2n) is 4.57. The van der Waals surface area contributed by atoms with Gasteiger partial charge in [-0.25, -0.2) is 4.98 Å². The molecule has 0 atom stereocenters. The van der Waals surface area contributed by atoms with Crippen LogP contribution in [-0.4, -0.2) is 13.4 Å². The maximum absolute atomic E-state index is 12.7.